The van der Waals surface area contributed by atoms with Crippen LogP contribution in [0.2, 0.25) is 0 Å². The first-order valence-corrected chi connectivity index (χ1v) is 3.86. The molecule has 0 aromatic carbocycles. The molecule has 1 rings (SSSR count). The molecule has 14 heavy (non-hydrogen) atoms. The van der Waals surface area contributed by atoms with E-state index in [1.165, 1.54) is 6.92 Å². The Morgan fingerprint density at radius 2 is 2.07 bits per heavy atom. The maximum Gasteiger partial charge on any atom is 0.359 e. The summed E-state index contributed by atoms with van der Waals surface area (Å²) in [5, 5.41) is 0.416. The normalized spacial score (nSPS) is 16.1. The molecule has 5 nitrogen and oxygen atoms in total. The van der Waals surface area contributed by atoms with Crippen LogP contribution in [0, 0.1) is 0 Å². The van der Waals surface area contributed by atoms with Crippen LogP contribution < -0.4 is 0 Å². The number of hydrogen-bond acceptors (Lipinski definition) is 4. The zero-order valence-corrected chi connectivity index (χ0v) is 7.70. The first-order chi connectivity index (χ1) is 6.43. The van der Waals surface area contributed by atoms with E-state index in [0.717, 1.165) is 0 Å². The molecular weight excluding hydrogens is 186 g/mol. The Balaban J connectivity index is 2.75. The van der Waals surface area contributed by atoms with Crippen LogP contribution in [0.15, 0.2) is 24.3 Å². The first kappa shape index (κ1) is 10.2. The highest BCUT2D eigenvalue weighted by molar-refractivity contribution is 6.12. The molecule has 0 saturated carbocycles. The average molecular weight is 195 g/mol. The van der Waals surface area contributed by atoms with Crippen molar-refractivity contribution in [3.8, 4) is 0 Å². The number of hydroxylamine groups is 2. The van der Waals surface area contributed by atoms with E-state index in [0.29, 0.717) is 5.06 Å². The Kier molecular flexibility index (Phi) is 2.51. The Hall–Kier alpha value is -1.91. The van der Waals surface area contributed by atoms with E-state index in [9.17, 15) is 14.4 Å². The predicted molar refractivity (Wildman–Crippen MR) is 46.5 cm³/mol. The maximum absolute atomic E-state index is 11.2. The van der Waals surface area contributed by atoms with Crippen molar-refractivity contribution in [2.24, 2.45) is 0 Å². The number of carbonyl (C=O) groups is 3. The maximum atomic E-state index is 11.2. The summed E-state index contributed by atoms with van der Waals surface area (Å²) >= 11 is 0. The lowest BCUT2D eigenvalue weighted by molar-refractivity contribution is -0.193. The third-order valence-corrected chi connectivity index (χ3v) is 1.60. The molecule has 0 atom stereocenters. The van der Waals surface area contributed by atoms with Crippen LogP contribution in [0.3, 0.4) is 0 Å². The Labute approximate surface area is 80.6 Å². The lowest BCUT2D eigenvalue weighted by atomic mass is 10.3. The molecule has 2 amide bonds. The molecule has 0 aromatic rings. The lowest BCUT2D eigenvalue weighted by Crippen LogP contribution is -2.32. The van der Waals surface area contributed by atoms with E-state index >= 15 is 0 Å². The second-order valence-corrected chi connectivity index (χ2v) is 2.93. The highest BCUT2D eigenvalue weighted by Gasteiger charge is 2.36. The van der Waals surface area contributed by atoms with Crippen molar-refractivity contribution in [1.82, 2.24) is 5.06 Å². The molecule has 1 aliphatic heterocycles. The summed E-state index contributed by atoms with van der Waals surface area (Å²) < 4.78 is 0. The fourth-order valence-electron chi connectivity index (χ4n) is 0.840. The first-order valence-electron chi connectivity index (χ1n) is 3.86. The second kappa shape index (κ2) is 3.45. The minimum absolute atomic E-state index is 0.109. The molecule has 74 valence electrons. The van der Waals surface area contributed by atoms with Crippen LogP contribution in [-0.4, -0.2) is 22.8 Å². The van der Waals surface area contributed by atoms with Gasteiger partial charge in [0.1, 0.15) is 0 Å². The van der Waals surface area contributed by atoms with Gasteiger partial charge in [0.05, 0.1) is 6.42 Å². The van der Waals surface area contributed by atoms with Crippen LogP contribution in [0.25, 0.3) is 0 Å². The van der Waals surface area contributed by atoms with Crippen LogP contribution in [-0.2, 0) is 19.2 Å². The second-order valence-electron chi connectivity index (χ2n) is 2.93. The van der Waals surface area contributed by atoms with Crippen molar-refractivity contribution in [3.05, 3.63) is 24.3 Å². The SMILES string of the molecule is C=C(C)C(=O)ON1C(=O)CC(=C)C1=O. The summed E-state index contributed by atoms with van der Waals surface area (Å²) in [7, 11) is 0. The van der Waals surface area contributed by atoms with Gasteiger partial charge in [0.2, 0.25) is 0 Å². The standard InChI is InChI=1S/C9H9NO4/c1-5(2)9(13)14-10-7(11)4-6(3)8(10)12/h1,3-4H2,2H3. The Morgan fingerprint density at radius 1 is 1.50 bits per heavy atom. The number of imide groups is 1. The smallest absolute Gasteiger partial charge is 0.325 e. The van der Waals surface area contributed by atoms with E-state index in [1.807, 2.05) is 0 Å². The number of amides is 2. The van der Waals surface area contributed by atoms with Crippen LogP contribution >= 0.6 is 0 Å². The van der Waals surface area contributed by atoms with Crippen molar-refractivity contribution in [1.29, 1.82) is 0 Å². The number of carbonyl (C=O) groups excluding carboxylic acids is 3. The van der Waals surface area contributed by atoms with Crippen molar-refractivity contribution in [2.75, 3.05) is 0 Å². The van der Waals surface area contributed by atoms with Crippen LogP contribution in [0.4, 0.5) is 0 Å². The summed E-state index contributed by atoms with van der Waals surface area (Å²) in [5.41, 5.74) is 0.229. The third kappa shape index (κ3) is 1.71. The minimum atomic E-state index is -0.804. The van der Waals surface area contributed by atoms with E-state index in [4.69, 9.17) is 0 Å². The predicted octanol–water partition coefficient (Wildman–Crippen LogP) is 0.336. The third-order valence-electron chi connectivity index (χ3n) is 1.60. The van der Waals surface area contributed by atoms with Crippen molar-refractivity contribution >= 4 is 17.8 Å². The molecule has 0 aliphatic carbocycles. The monoisotopic (exact) mass is 195 g/mol. The molecule has 5 heteroatoms. The van der Waals surface area contributed by atoms with E-state index in [1.54, 1.807) is 0 Å². The topological polar surface area (TPSA) is 63.7 Å². The fourth-order valence-corrected chi connectivity index (χ4v) is 0.840. The van der Waals surface area contributed by atoms with E-state index < -0.39 is 17.8 Å². The molecule has 0 N–H and O–H groups in total. The summed E-state index contributed by atoms with van der Waals surface area (Å²) in [6.07, 6.45) is -0.109. The largest absolute Gasteiger partial charge is 0.359 e. The van der Waals surface area contributed by atoms with E-state index in [-0.39, 0.29) is 17.6 Å². The van der Waals surface area contributed by atoms with Gasteiger partial charge in [-0.3, -0.25) is 9.59 Å². The van der Waals surface area contributed by atoms with Crippen molar-refractivity contribution < 1.29 is 19.2 Å². The Morgan fingerprint density at radius 3 is 2.43 bits per heavy atom. The van der Waals surface area contributed by atoms with Gasteiger partial charge >= 0.3 is 5.97 Å². The van der Waals surface area contributed by atoms with Gasteiger partial charge in [0, 0.05) is 11.1 Å². The molecule has 0 unspecified atom stereocenters. The fraction of sp³-hybridized carbons (Fsp3) is 0.222. The summed E-state index contributed by atoms with van der Waals surface area (Å²) in [5.74, 6) is -2.07. The molecule has 0 spiro atoms. The summed E-state index contributed by atoms with van der Waals surface area (Å²) in [6, 6.07) is 0. The van der Waals surface area contributed by atoms with Gasteiger partial charge in [-0.25, -0.2) is 4.79 Å². The quantitative estimate of drug-likeness (QED) is 0.470. The molecule has 0 aromatic heterocycles. The van der Waals surface area contributed by atoms with Gasteiger partial charge in [-0.15, -0.1) is 0 Å². The highest BCUT2D eigenvalue weighted by Crippen LogP contribution is 2.17. The lowest BCUT2D eigenvalue weighted by Gasteiger charge is -2.11. The minimum Gasteiger partial charge on any atom is -0.325 e. The number of rotatable bonds is 2. The molecule has 1 saturated heterocycles. The van der Waals surface area contributed by atoms with Gasteiger partial charge in [0.15, 0.2) is 0 Å². The van der Waals surface area contributed by atoms with Gasteiger partial charge in [0.25, 0.3) is 11.8 Å². The Bertz CT molecular complexity index is 356. The molecule has 1 heterocycles. The number of hydrogen-bond donors (Lipinski definition) is 0. The zero-order chi connectivity index (χ0) is 10.9. The van der Waals surface area contributed by atoms with Crippen LogP contribution in [0.5, 0.6) is 0 Å². The van der Waals surface area contributed by atoms with E-state index in [2.05, 4.69) is 18.0 Å². The molecule has 0 bridgehead atoms. The van der Waals surface area contributed by atoms with Crippen LogP contribution in [0.1, 0.15) is 13.3 Å². The average Bonchev–Trinajstić information content (AvgIpc) is 2.32. The van der Waals surface area contributed by atoms with Gasteiger partial charge in [-0.2, -0.15) is 0 Å². The van der Waals surface area contributed by atoms with Gasteiger partial charge in [-0.05, 0) is 6.92 Å². The molecule has 0 radical (unpaired) electrons. The molecular formula is C9H9NO4. The van der Waals surface area contributed by atoms with Gasteiger partial charge in [-0.1, -0.05) is 18.2 Å². The summed E-state index contributed by atoms with van der Waals surface area (Å²) in [6.45, 7) is 8.10. The highest BCUT2D eigenvalue weighted by atomic mass is 16.7. The summed E-state index contributed by atoms with van der Waals surface area (Å²) in [4.78, 5) is 37.8. The molecule has 1 fully saturated rings. The van der Waals surface area contributed by atoms with Crippen molar-refractivity contribution in [2.45, 2.75) is 13.3 Å². The van der Waals surface area contributed by atoms with Gasteiger partial charge < -0.3 is 4.84 Å². The molecule has 1 aliphatic rings. The van der Waals surface area contributed by atoms with Crippen molar-refractivity contribution in [3.63, 3.8) is 0 Å². The zero-order valence-electron chi connectivity index (χ0n) is 7.70. The number of nitrogens with zero attached hydrogens (tertiary/aromatic N) is 1.